The van der Waals surface area contributed by atoms with Gasteiger partial charge in [-0.3, -0.25) is 4.79 Å². The van der Waals surface area contributed by atoms with Gasteiger partial charge in [-0.15, -0.1) is 4.91 Å². The molecule has 2 N–H and O–H groups in total. The molecule has 68 valence electrons. The van der Waals surface area contributed by atoms with Crippen LogP contribution >= 0.6 is 0 Å². The average Bonchev–Trinajstić information content (AvgIpc) is 2.18. The van der Waals surface area contributed by atoms with E-state index in [9.17, 15) is 9.70 Å². The Morgan fingerprint density at radius 3 is 2.77 bits per heavy atom. The second-order valence-corrected chi connectivity index (χ2v) is 2.64. The van der Waals surface area contributed by atoms with Crippen molar-refractivity contribution >= 4 is 12.0 Å². The highest BCUT2D eigenvalue weighted by molar-refractivity contribution is 5.82. The SMILES string of the molecule is NCCc1ccc(C=O)c(N=O)c1. The number of hydrogen-bond acceptors (Lipinski definition) is 4. The molecule has 0 aliphatic heterocycles. The van der Waals surface area contributed by atoms with Crippen molar-refractivity contribution in [2.24, 2.45) is 10.9 Å². The summed E-state index contributed by atoms with van der Waals surface area (Å²) in [5, 5.41) is 2.76. The smallest absolute Gasteiger partial charge is 0.152 e. The Kier molecular flexibility index (Phi) is 3.28. The summed E-state index contributed by atoms with van der Waals surface area (Å²) in [6, 6.07) is 4.93. The summed E-state index contributed by atoms with van der Waals surface area (Å²) < 4.78 is 0. The lowest BCUT2D eigenvalue weighted by atomic mass is 10.1. The highest BCUT2D eigenvalue weighted by Crippen LogP contribution is 2.19. The molecule has 0 saturated heterocycles. The van der Waals surface area contributed by atoms with E-state index in [1.54, 1.807) is 18.2 Å². The number of nitrogens with two attached hydrogens (primary N) is 1. The number of nitroso groups, excluding NO2 is 1. The van der Waals surface area contributed by atoms with Gasteiger partial charge < -0.3 is 5.73 Å². The molecule has 0 heterocycles. The van der Waals surface area contributed by atoms with E-state index in [1.165, 1.54) is 0 Å². The minimum atomic E-state index is 0.181. The lowest BCUT2D eigenvalue weighted by molar-refractivity contribution is 0.112. The number of hydrogen-bond donors (Lipinski definition) is 1. The summed E-state index contributed by atoms with van der Waals surface area (Å²) >= 11 is 0. The largest absolute Gasteiger partial charge is 0.330 e. The summed E-state index contributed by atoms with van der Waals surface area (Å²) in [6.07, 6.45) is 1.30. The fourth-order valence-corrected chi connectivity index (χ4v) is 1.09. The van der Waals surface area contributed by atoms with E-state index < -0.39 is 0 Å². The lowest BCUT2D eigenvalue weighted by Crippen LogP contribution is -2.02. The monoisotopic (exact) mass is 178 g/mol. The zero-order chi connectivity index (χ0) is 9.68. The predicted octanol–water partition coefficient (Wildman–Crippen LogP) is 1.40. The molecular weight excluding hydrogens is 168 g/mol. The van der Waals surface area contributed by atoms with E-state index in [4.69, 9.17) is 5.73 Å². The first-order valence-electron chi connectivity index (χ1n) is 3.93. The Labute approximate surface area is 75.7 Å². The van der Waals surface area contributed by atoms with Gasteiger partial charge in [0.2, 0.25) is 0 Å². The van der Waals surface area contributed by atoms with Crippen molar-refractivity contribution in [3.63, 3.8) is 0 Å². The summed E-state index contributed by atoms with van der Waals surface area (Å²) in [7, 11) is 0. The van der Waals surface area contributed by atoms with E-state index in [2.05, 4.69) is 5.18 Å². The van der Waals surface area contributed by atoms with E-state index in [0.29, 0.717) is 24.8 Å². The Bertz CT molecular complexity index is 323. The number of benzene rings is 1. The van der Waals surface area contributed by atoms with Crippen LogP contribution in [0.1, 0.15) is 15.9 Å². The Morgan fingerprint density at radius 2 is 2.23 bits per heavy atom. The molecular formula is C9H10N2O2. The number of carbonyl (C=O) groups is 1. The normalized spacial score (nSPS) is 9.62. The van der Waals surface area contributed by atoms with Crippen LogP contribution in [-0.2, 0) is 6.42 Å². The molecule has 0 aliphatic carbocycles. The first-order chi connectivity index (χ1) is 6.31. The summed E-state index contributed by atoms with van der Waals surface area (Å²) in [4.78, 5) is 20.7. The van der Waals surface area contributed by atoms with Crippen molar-refractivity contribution in [3.05, 3.63) is 34.2 Å². The van der Waals surface area contributed by atoms with Crippen LogP contribution in [0.25, 0.3) is 0 Å². The van der Waals surface area contributed by atoms with Gasteiger partial charge in [0.1, 0.15) is 5.69 Å². The van der Waals surface area contributed by atoms with Crippen molar-refractivity contribution < 1.29 is 4.79 Å². The Balaban J connectivity index is 3.05. The number of carbonyl (C=O) groups excluding carboxylic acids is 1. The van der Waals surface area contributed by atoms with Crippen molar-refractivity contribution in [1.29, 1.82) is 0 Å². The van der Waals surface area contributed by atoms with E-state index in [0.717, 1.165) is 5.56 Å². The van der Waals surface area contributed by atoms with Crippen LogP contribution in [0.5, 0.6) is 0 Å². The summed E-state index contributed by atoms with van der Waals surface area (Å²) in [5.74, 6) is 0. The highest BCUT2D eigenvalue weighted by Gasteiger charge is 2.02. The molecule has 0 saturated carbocycles. The Hall–Kier alpha value is -1.55. The third-order valence-electron chi connectivity index (χ3n) is 1.75. The molecule has 13 heavy (non-hydrogen) atoms. The van der Waals surface area contributed by atoms with Gasteiger partial charge in [0.05, 0.1) is 0 Å². The van der Waals surface area contributed by atoms with Gasteiger partial charge in [0.15, 0.2) is 6.29 Å². The van der Waals surface area contributed by atoms with Crippen LogP contribution < -0.4 is 5.73 Å². The fourth-order valence-electron chi connectivity index (χ4n) is 1.09. The van der Waals surface area contributed by atoms with Crippen molar-refractivity contribution in [2.75, 3.05) is 6.54 Å². The maximum Gasteiger partial charge on any atom is 0.152 e. The van der Waals surface area contributed by atoms with Gasteiger partial charge in [-0.25, -0.2) is 0 Å². The topological polar surface area (TPSA) is 72.5 Å². The van der Waals surface area contributed by atoms with Crippen LogP contribution in [0.15, 0.2) is 23.4 Å². The molecule has 4 heteroatoms. The second-order valence-electron chi connectivity index (χ2n) is 2.64. The van der Waals surface area contributed by atoms with Crippen molar-refractivity contribution in [2.45, 2.75) is 6.42 Å². The van der Waals surface area contributed by atoms with Crippen molar-refractivity contribution in [1.82, 2.24) is 0 Å². The minimum absolute atomic E-state index is 0.181. The molecule has 0 spiro atoms. The zero-order valence-electron chi connectivity index (χ0n) is 7.06. The number of nitrogens with zero attached hydrogens (tertiary/aromatic N) is 1. The van der Waals surface area contributed by atoms with Crippen LogP contribution in [0.2, 0.25) is 0 Å². The standard InChI is InChI=1S/C9H10N2O2/c10-4-3-7-1-2-8(6-12)9(5-7)11-13/h1-2,5-6H,3-4,10H2. The molecule has 1 aromatic carbocycles. The van der Waals surface area contributed by atoms with Gasteiger partial charge in [-0.05, 0) is 35.8 Å². The van der Waals surface area contributed by atoms with Gasteiger partial charge in [-0.2, -0.15) is 0 Å². The molecule has 0 unspecified atom stereocenters. The van der Waals surface area contributed by atoms with Gasteiger partial charge in [-0.1, -0.05) is 6.07 Å². The molecule has 0 atom stereocenters. The molecule has 1 aromatic rings. The lowest BCUT2D eigenvalue weighted by Gasteiger charge is -2.00. The van der Waals surface area contributed by atoms with Crippen molar-refractivity contribution in [3.8, 4) is 0 Å². The van der Waals surface area contributed by atoms with Gasteiger partial charge >= 0.3 is 0 Å². The van der Waals surface area contributed by atoms with Gasteiger partial charge in [0.25, 0.3) is 0 Å². The maximum absolute atomic E-state index is 10.4. The minimum Gasteiger partial charge on any atom is -0.330 e. The zero-order valence-corrected chi connectivity index (χ0v) is 7.06. The third-order valence-corrected chi connectivity index (χ3v) is 1.75. The first kappa shape index (κ1) is 9.54. The van der Waals surface area contributed by atoms with Crippen LogP contribution in [0, 0.1) is 4.91 Å². The quantitative estimate of drug-likeness (QED) is 0.559. The molecule has 4 nitrogen and oxygen atoms in total. The number of rotatable bonds is 4. The first-order valence-corrected chi connectivity index (χ1v) is 3.93. The molecule has 0 bridgehead atoms. The van der Waals surface area contributed by atoms with E-state index in [-0.39, 0.29) is 5.69 Å². The molecule has 0 aliphatic rings. The second kappa shape index (κ2) is 4.47. The number of aldehydes is 1. The van der Waals surface area contributed by atoms with E-state index >= 15 is 0 Å². The van der Waals surface area contributed by atoms with Gasteiger partial charge in [0, 0.05) is 5.56 Å². The molecule has 1 rings (SSSR count). The third kappa shape index (κ3) is 2.19. The Morgan fingerprint density at radius 1 is 1.46 bits per heavy atom. The molecule has 0 radical (unpaired) electrons. The molecule has 0 fully saturated rings. The van der Waals surface area contributed by atoms with E-state index in [1.807, 2.05) is 0 Å². The predicted molar refractivity (Wildman–Crippen MR) is 50.0 cm³/mol. The summed E-state index contributed by atoms with van der Waals surface area (Å²) in [5.41, 5.74) is 6.76. The molecule has 0 aromatic heterocycles. The highest BCUT2D eigenvalue weighted by atomic mass is 16.3. The maximum atomic E-state index is 10.4. The fraction of sp³-hybridized carbons (Fsp3) is 0.222. The summed E-state index contributed by atoms with van der Waals surface area (Å²) in [6.45, 7) is 0.513. The average molecular weight is 178 g/mol. The van der Waals surface area contributed by atoms with Crippen LogP contribution in [0.4, 0.5) is 5.69 Å². The van der Waals surface area contributed by atoms with Crippen LogP contribution in [-0.4, -0.2) is 12.8 Å². The molecule has 0 amide bonds. The van der Waals surface area contributed by atoms with Crippen LogP contribution in [0.3, 0.4) is 0 Å².